The zero-order chi connectivity index (χ0) is 23.6. The number of amides is 2. The lowest BCUT2D eigenvalue weighted by molar-refractivity contribution is -0.117. The molecule has 0 heterocycles. The van der Waals surface area contributed by atoms with Crippen LogP contribution in [0.5, 0.6) is 17.2 Å². The van der Waals surface area contributed by atoms with E-state index in [0.717, 1.165) is 0 Å². The Balaban J connectivity index is 1.90. The molecule has 3 N–H and O–H groups in total. The lowest BCUT2D eigenvalue weighted by Crippen LogP contribution is -2.32. The average molecular weight is 445 g/mol. The molecule has 0 aliphatic rings. The number of ether oxygens (including phenoxy) is 2. The van der Waals surface area contributed by atoms with Crippen LogP contribution in [-0.4, -0.2) is 37.4 Å². The molecule has 2 amide bonds. The van der Waals surface area contributed by atoms with Gasteiger partial charge < -0.3 is 19.9 Å². The first kappa shape index (κ1) is 23.1. The summed E-state index contributed by atoms with van der Waals surface area (Å²) in [7, 11) is 3.03. The van der Waals surface area contributed by atoms with E-state index in [2.05, 4.69) is 15.8 Å². The molecule has 0 aromatic heterocycles. The number of aromatic hydroxyl groups is 1. The molecular weight excluding hydrogens is 422 g/mol. The number of methoxy groups -OCH3 is 2. The number of hydrogen-bond donors (Lipinski definition) is 3. The zero-order valence-corrected chi connectivity index (χ0v) is 18.1. The van der Waals surface area contributed by atoms with Gasteiger partial charge in [-0.15, -0.1) is 0 Å². The molecule has 3 aromatic carbocycles. The van der Waals surface area contributed by atoms with Gasteiger partial charge in [-0.25, -0.2) is 5.43 Å². The molecule has 0 aliphatic heterocycles. The molecule has 8 nitrogen and oxygen atoms in total. The number of carbonyl (C=O) groups is 2. The first-order valence-corrected chi connectivity index (χ1v) is 9.92. The average Bonchev–Trinajstić information content (AvgIpc) is 2.84. The van der Waals surface area contributed by atoms with Crippen molar-refractivity contribution < 1.29 is 24.2 Å². The third-order valence-electron chi connectivity index (χ3n) is 4.52. The fraction of sp³-hybridized carbons (Fsp3) is 0.0800. The molecule has 0 spiro atoms. The maximum Gasteiger partial charge on any atom is 0.287 e. The van der Waals surface area contributed by atoms with E-state index in [-0.39, 0.29) is 11.4 Å². The van der Waals surface area contributed by atoms with Crippen molar-refractivity contribution in [1.29, 1.82) is 0 Å². The Morgan fingerprint density at radius 1 is 0.939 bits per heavy atom. The van der Waals surface area contributed by atoms with E-state index in [1.165, 1.54) is 38.6 Å². The SMILES string of the molecule is COc1ccc(OC)c(C=C(NC(=O)c2ccccc2)C(=O)NN=Cc2cccc(O)c2)c1. The molecule has 0 fully saturated rings. The third-order valence-corrected chi connectivity index (χ3v) is 4.52. The summed E-state index contributed by atoms with van der Waals surface area (Å²) in [5.74, 6) is -0.00101. The van der Waals surface area contributed by atoms with Crippen LogP contribution in [0.15, 0.2) is 83.6 Å². The van der Waals surface area contributed by atoms with E-state index in [0.29, 0.717) is 28.2 Å². The monoisotopic (exact) mass is 445 g/mol. The Hall–Kier alpha value is -4.59. The van der Waals surface area contributed by atoms with Crippen LogP contribution in [0.2, 0.25) is 0 Å². The number of phenols is 1. The summed E-state index contributed by atoms with van der Waals surface area (Å²) in [5, 5.41) is 16.1. The molecule has 0 saturated heterocycles. The molecule has 8 heteroatoms. The van der Waals surface area contributed by atoms with Crippen LogP contribution in [0.25, 0.3) is 6.08 Å². The summed E-state index contributed by atoms with van der Waals surface area (Å²) < 4.78 is 10.6. The maximum atomic E-state index is 12.9. The minimum Gasteiger partial charge on any atom is -0.508 e. The molecule has 168 valence electrons. The van der Waals surface area contributed by atoms with Crippen molar-refractivity contribution >= 4 is 24.1 Å². The van der Waals surface area contributed by atoms with Gasteiger partial charge in [0.05, 0.1) is 20.4 Å². The summed E-state index contributed by atoms with van der Waals surface area (Å²) in [6.07, 6.45) is 2.85. The highest BCUT2D eigenvalue weighted by Gasteiger charge is 2.16. The quantitative estimate of drug-likeness (QED) is 0.280. The normalized spacial score (nSPS) is 11.2. The fourth-order valence-corrected chi connectivity index (χ4v) is 2.88. The second kappa shape index (κ2) is 11.1. The number of hydrogen-bond acceptors (Lipinski definition) is 6. The van der Waals surface area contributed by atoms with Crippen LogP contribution < -0.4 is 20.2 Å². The standard InChI is InChI=1S/C25H23N3O5/c1-32-21-11-12-23(33-2)19(14-21)15-22(27-24(30)18-8-4-3-5-9-18)25(31)28-26-16-17-7-6-10-20(29)13-17/h3-16,29H,1-2H3,(H,27,30)(H,28,31). The minimum atomic E-state index is -0.652. The Bertz CT molecular complexity index is 1190. The van der Waals surface area contributed by atoms with E-state index in [1.54, 1.807) is 60.7 Å². The van der Waals surface area contributed by atoms with Crippen LogP contribution in [0.4, 0.5) is 0 Å². The summed E-state index contributed by atoms with van der Waals surface area (Å²) in [6, 6.07) is 20.0. The number of nitrogens with one attached hydrogen (secondary N) is 2. The van der Waals surface area contributed by atoms with Gasteiger partial charge in [0.2, 0.25) is 0 Å². The highest BCUT2D eigenvalue weighted by molar-refractivity contribution is 6.05. The van der Waals surface area contributed by atoms with Crippen LogP contribution in [-0.2, 0) is 4.79 Å². The van der Waals surface area contributed by atoms with Crippen molar-refractivity contribution in [3.8, 4) is 17.2 Å². The van der Waals surface area contributed by atoms with Crippen LogP contribution >= 0.6 is 0 Å². The van der Waals surface area contributed by atoms with Crippen molar-refractivity contribution in [2.75, 3.05) is 14.2 Å². The number of nitrogens with zero attached hydrogens (tertiary/aromatic N) is 1. The number of benzene rings is 3. The summed E-state index contributed by atoms with van der Waals surface area (Å²) in [5.41, 5.74) is 3.83. The molecule has 0 unspecified atom stereocenters. The molecule has 0 bridgehead atoms. The lowest BCUT2D eigenvalue weighted by atomic mass is 10.1. The van der Waals surface area contributed by atoms with Crippen LogP contribution in [0, 0.1) is 0 Å². The molecule has 3 aromatic rings. The lowest BCUT2D eigenvalue weighted by Gasteiger charge is -2.12. The predicted molar refractivity (Wildman–Crippen MR) is 125 cm³/mol. The largest absolute Gasteiger partial charge is 0.508 e. The van der Waals surface area contributed by atoms with E-state index >= 15 is 0 Å². The Morgan fingerprint density at radius 3 is 2.42 bits per heavy atom. The molecule has 0 aliphatic carbocycles. The summed E-state index contributed by atoms with van der Waals surface area (Å²) >= 11 is 0. The molecule has 33 heavy (non-hydrogen) atoms. The van der Waals surface area contributed by atoms with Gasteiger partial charge in [-0.1, -0.05) is 30.3 Å². The molecule has 0 atom stereocenters. The van der Waals surface area contributed by atoms with Crippen molar-refractivity contribution in [2.45, 2.75) is 0 Å². The smallest absolute Gasteiger partial charge is 0.287 e. The van der Waals surface area contributed by atoms with Crippen molar-refractivity contribution in [3.05, 3.63) is 95.2 Å². The first-order chi connectivity index (χ1) is 16.0. The second-order valence-electron chi connectivity index (χ2n) is 6.78. The summed E-state index contributed by atoms with van der Waals surface area (Å²) in [4.78, 5) is 25.6. The van der Waals surface area contributed by atoms with E-state index in [4.69, 9.17) is 9.47 Å². The van der Waals surface area contributed by atoms with Gasteiger partial charge in [0, 0.05) is 11.1 Å². The maximum absolute atomic E-state index is 12.9. The molecule has 0 saturated carbocycles. The second-order valence-corrected chi connectivity index (χ2v) is 6.78. The minimum absolute atomic E-state index is 0.0523. The van der Waals surface area contributed by atoms with Crippen molar-refractivity contribution in [3.63, 3.8) is 0 Å². The number of hydrazone groups is 1. The number of phenolic OH excluding ortho intramolecular Hbond substituents is 1. The van der Waals surface area contributed by atoms with E-state index in [9.17, 15) is 14.7 Å². The van der Waals surface area contributed by atoms with Gasteiger partial charge in [0.25, 0.3) is 11.8 Å². The molecular formula is C25H23N3O5. The van der Waals surface area contributed by atoms with Gasteiger partial charge >= 0.3 is 0 Å². The topological polar surface area (TPSA) is 109 Å². The van der Waals surface area contributed by atoms with Crippen molar-refractivity contribution in [2.24, 2.45) is 5.10 Å². The zero-order valence-electron chi connectivity index (χ0n) is 18.1. The van der Waals surface area contributed by atoms with Crippen LogP contribution in [0.1, 0.15) is 21.5 Å². The fourth-order valence-electron chi connectivity index (χ4n) is 2.88. The van der Waals surface area contributed by atoms with Gasteiger partial charge in [-0.2, -0.15) is 5.10 Å². The van der Waals surface area contributed by atoms with Crippen LogP contribution in [0.3, 0.4) is 0 Å². The highest BCUT2D eigenvalue weighted by Crippen LogP contribution is 2.26. The Kier molecular flexibility index (Phi) is 7.80. The Morgan fingerprint density at radius 2 is 1.73 bits per heavy atom. The third kappa shape index (κ3) is 6.44. The molecule has 3 rings (SSSR count). The highest BCUT2D eigenvalue weighted by atomic mass is 16.5. The van der Waals surface area contributed by atoms with Gasteiger partial charge in [-0.3, -0.25) is 9.59 Å². The van der Waals surface area contributed by atoms with Gasteiger partial charge in [-0.05, 0) is 54.1 Å². The van der Waals surface area contributed by atoms with Gasteiger partial charge in [0.1, 0.15) is 22.9 Å². The van der Waals surface area contributed by atoms with E-state index in [1.807, 2.05) is 0 Å². The number of rotatable bonds is 8. The van der Waals surface area contributed by atoms with Crippen molar-refractivity contribution in [1.82, 2.24) is 10.7 Å². The molecule has 0 radical (unpaired) electrons. The summed E-state index contributed by atoms with van der Waals surface area (Å²) in [6.45, 7) is 0. The Labute approximate surface area is 191 Å². The van der Waals surface area contributed by atoms with Gasteiger partial charge in [0.15, 0.2) is 0 Å². The number of carbonyl (C=O) groups excluding carboxylic acids is 2. The van der Waals surface area contributed by atoms with E-state index < -0.39 is 11.8 Å². The first-order valence-electron chi connectivity index (χ1n) is 9.92. The predicted octanol–water partition coefficient (Wildman–Crippen LogP) is 3.33.